The van der Waals surface area contributed by atoms with Crippen molar-refractivity contribution in [2.45, 2.75) is 124 Å². The van der Waals surface area contributed by atoms with Crippen LogP contribution in [0.25, 0.3) is 0 Å². The first-order valence-corrected chi connectivity index (χ1v) is 23.5. The molecule has 0 spiro atoms. The summed E-state index contributed by atoms with van der Waals surface area (Å²) < 4.78 is 18.6. The average Bonchev–Trinajstić information content (AvgIpc) is 2.59. The van der Waals surface area contributed by atoms with Gasteiger partial charge in [0.2, 0.25) is 0 Å². The zero-order chi connectivity index (χ0) is 27.7. The van der Waals surface area contributed by atoms with Crippen LogP contribution in [0.1, 0.15) is 54.4 Å². The maximum atomic E-state index is 12.4. The Kier molecular flexibility index (Phi) is 13.9. The van der Waals surface area contributed by atoms with Crippen LogP contribution in [0.3, 0.4) is 0 Å². The van der Waals surface area contributed by atoms with Gasteiger partial charge in [-0.2, -0.15) is 0 Å². The van der Waals surface area contributed by atoms with Crippen LogP contribution in [0.4, 0.5) is 0 Å². The number of allylic oxidation sites excluding steroid dienone is 2. The molecule has 0 amide bonds. The Balaban J connectivity index is 5.49. The van der Waals surface area contributed by atoms with E-state index in [4.69, 9.17) is 13.9 Å². The van der Waals surface area contributed by atoms with Crippen LogP contribution in [-0.2, 0) is 18.7 Å². The van der Waals surface area contributed by atoms with E-state index in [2.05, 4.69) is 78.8 Å². The Morgan fingerprint density at radius 3 is 1.91 bits per heavy atom. The van der Waals surface area contributed by atoms with Gasteiger partial charge in [-0.1, -0.05) is 98.2 Å². The minimum Gasteiger partial charge on any atom is -0.411 e. The van der Waals surface area contributed by atoms with Crippen LogP contribution in [0.5, 0.6) is 0 Å². The summed E-state index contributed by atoms with van der Waals surface area (Å²) >= 11 is 0. The summed E-state index contributed by atoms with van der Waals surface area (Å²) in [6, 6.07) is 1.14. The number of carbonyl (C=O) groups is 1. The number of ether oxygens (including phenoxy) is 2. The molecule has 0 radical (unpaired) electrons. The number of ketones is 1. The number of rotatable bonds is 15. The van der Waals surface area contributed by atoms with E-state index >= 15 is 0 Å². The van der Waals surface area contributed by atoms with Gasteiger partial charge in [-0.15, -0.1) is 0 Å². The van der Waals surface area contributed by atoms with Crippen molar-refractivity contribution in [3.63, 3.8) is 0 Å². The Morgan fingerprint density at radius 2 is 1.46 bits per heavy atom. The fourth-order valence-electron chi connectivity index (χ4n) is 3.08. The van der Waals surface area contributed by atoms with Gasteiger partial charge in [0.25, 0.3) is 0 Å². The van der Waals surface area contributed by atoms with Gasteiger partial charge in [-0.3, -0.25) is 4.79 Å². The zero-order valence-corrected chi connectivity index (χ0v) is 28.7. The molecular weight excluding hydrogens is 485 g/mol. The van der Waals surface area contributed by atoms with E-state index in [9.17, 15) is 4.79 Å². The predicted molar refractivity (Wildman–Crippen MR) is 161 cm³/mol. The van der Waals surface area contributed by atoms with Gasteiger partial charge < -0.3 is 13.9 Å². The molecule has 1 atom stereocenters. The molecule has 0 bridgehead atoms. The number of carbonyl (C=O) groups excluding carboxylic acids is 1. The predicted octanol–water partition coefficient (Wildman–Crippen LogP) is 8.46. The largest absolute Gasteiger partial charge is 0.411 e. The number of hydrogen-bond donors (Lipinski definition) is 0. The SMILES string of the molecule is CC(C)(C)C(=O)/C=C/C/C(=C\[Si](C)(C)C)CC(COCOCC[Si](C)(C)C)O[Si](C)(C)C(C)(C)C. The second-order valence-electron chi connectivity index (χ2n) is 14.8. The lowest BCUT2D eigenvalue weighted by molar-refractivity contribution is -0.121. The highest BCUT2D eigenvalue weighted by molar-refractivity contribution is 6.81. The zero-order valence-electron chi connectivity index (χ0n) is 25.7. The average molecular weight is 543 g/mol. The van der Waals surface area contributed by atoms with Crippen LogP contribution in [0.2, 0.25) is 63.5 Å². The summed E-state index contributed by atoms with van der Waals surface area (Å²) in [5, 5.41) is 0.126. The Labute approximate surface area is 221 Å². The molecule has 1 unspecified atom stereocenters. The van der Waals surface area contributed by atoms with Gasteiger partial charge in [0.05, 0.1) is 20.8 Å². The molecule has 7 heteroatoms. The topological polar surface area (TPSA) is 44.8 Å². The molecular formula is C28H58O4Si3. The minimum atomic E-state index is -1.97. The van der Waals surface area contributed by atoms with E-state index in [-0.39, 0.29) is 22.3 Å². The standard InChI is InChI=1S/C28H58O4Si3/c1-27(2,3)26(29)17-15-16-24(22-34(10,11)12)20-25(32-35(13,14)28(4,5)6)21-31-23-30-18-19-33(7,8)9/h15,17,22,25H,16,18-21,23H2,1-14H3/b17-15+,24-22+. The molecule has 0 aromatic carbocycles. The molecule has 4 nitrogen and oxygen atoms in total. The van der Waals surface area contributed by atoms with Crippen molar-refractivity contribution in [3.8, 4) is 0 Å². The van der Waals surface area contributed by atoms with Crippen molar-refractivity contribution in [3.05, 3.63) is 23.4 Å². The molecule has 0 saturated heterocycles. The lowest BCUT2D eigenvalue weighted by Gasteiger charge is -2.39. The monoisotopic (exact) mass is 542 g/mol. The molecule has 0 aliphatic rings. The van der Waals surface area contributed by atoms with Crippen molar-refractivity contribution in [2.75, 3.05) is 20.0 Å². The van der Waals surface area contributed by atoms with Gasteiger partial charge >= 0.3 is 0 Å². The quantitative estimate of drug-likeness (QED) is 0.0901. The maximum Gasteiger partial charge on any atom is 0.192 e. The fraction of sp³-hybridized carbons (Fsp3) is 0.821. The van der Waals surface area contributed by atoms with E-state index in [1.807, 2.05) is 26.8 Å². The Hall–Kier alpha value is -0.319. The second kappa shape index (κ2) is 14.0. The summed E-state index contributed by atoms with van der Waals surface area (Å²) in [6.45, 7) is 33.0. The number of hydrogen-bond acceptors (Lipinski definition) is 4. The molecule has 0 saturated carbocycles. The third kappa shape index (κ3) is 16.9. The van der Waals surface area contributed by atoms with E-state index < -0.39 is 24.5 Å². The van der Waals surface area contributed by atoms with Gasteiger partial charge in [0, 0.05) is 20.1 Å². The van der Waals surface area contributed by atoms with Crippen LogP contribution >= 0.6 is 0 Å². The van der Waals surface area contributed by atoms with Crippen LogP contribution < -0.4 is 0 Å². The first kappa shape index (κ1) is 34.7. The first-order valence-electron chi connectivity index (χ1n) is 13.3. The second-order valence-corrected chi connectivity index (χ2v) is 30.2. The van der Waals surface area contributed by atoms with Gasteiger partial charge in [-0.25, -0.2) is 0 Å². The molecule has 0 heterocycles. The molecule has 0 aromatic heterocycles. The molecule has 0 rings (SSSR count). The van der Waals surface area contributed by atoms with E-state index in [0.717, 1.165) is 25.5 Å². The van der Waals surface area contributed by atoms with E-state index in [0.29, 0.717) is 13.4 Å². The van der Waals surface area contributed by atoms with Crippen molar-refractivity contribution in [2.24, 2.45) is 5.41 Å². The highest BCUT2D eigenvalue weighted by Gasteiger charge is 2.39. The maximum absolute atomic E-state index is 12.4. The molecule has 0 fully saturated rings. The normalized spacial score (nSPS) is 15.7. The molecule has 0 aromatic rings. The highest BCUT2D eigenvalue weighted by Crippen LogP contribution is 2.38. The smallest absolute Gasteiger partial charge is 0.192 e. The summed E-state index contributed by atoms with van der Waals surface area (Å²) in [6.07, 6.45) is 5.36. The van der Waals surface area contributed by atoms with E-state index in [1.54, 1.807) is 6.08 Å². The third-order valence-electron chi connectivity index (χ3n) is 6.25. The summed E-state index contributed by atoms with van der Waals surface area (Å²) in [5.41, 5.74) is 3.45. The van der Waals surface area contributed by atoms with Crippen LogP contribution in [0, 0.1) is 5.41 Å². The van der Waals surface area contributed by atoms with Crippen molar-refractivity contribution in [1.29, 1.82) is 0 Å². The summed E-state index contributed by atoms with van der Waals surface area (Å²) in [7, 11) is -4.52. The molecule has 0 aliphatic carbocycles. The van der Waals surface area contributed by atoms with Gasteiger partial charge in [0.1, 0.15) is 6.79 Å². The van der Waals surface area contributed by atoms with Crippen molar-refractivity contribution < 1.29 is 18.7 Å². The van der Waals surface area contributed by atoms with Crippen molar-refractivity contribution in [1.82, 2.24) is 0 Å². The Bertz CT molecular complexity index is 700. The van der Waals surface area contributed by atoms with Crippen molar-refractivity contribution >= 4 is 30.2 Å². The minimum absolute atomic E-state index is 0.0224. The molecule has 0 N–H and O–H groups in total. The first-order chi connectivity index (χ1) is 15.5. The lowest BCUT2D eigenvalue weighted by atomic mass is 9.90. The van der Waals surface area contributed by atoms with Gasteiger partial charge in [-0.05, 0) is 43.1 Å². The summed E-state index contributed by atoms with van der Waals surface area (Å²) in [5.74, 6) is 0.165. The van der Waals surface area contributed by atoms with Crippen LogP contribution in [0.15, 0.2) is 23.4 Å². The molecule has 35 heavy (non-hydrogen) atoms. The third-order valence-corrected chi connectivity index (χ3v) is 13.8. The molecule has 206 valence electrons. The molecule has 0 aliphatic heterocycles. The van der Waals surface area contributed by atoms with E-state index in [1.165, 1.54) is 5.57 Å². The Morgan fingerprint density at radius 1 is 0.886 bits per heavy atom. The highest BCUT2D eigenvalue weighted by atomic mass is 28.4. The lowest BCUT2D eigenvalue weighted by Crippen LogP contribution is -2.45. The summed E-state index contributed by atoms with van der Waals surface area (Å²) in [4.78, 5) is 12.4. The van der Waals surface area contributed by atoms with Crippen LogP contribution in [-0.4, -0.2) is 56.4 Å². The fourth-order valence-corrected chi connectivity index (χ4v) is 6.63. The van der Waals surface area contributed by atoms with Gasteiger partial charge in [0.15, 0.2) is 14.1 Å².